The van der Waals surface area contributed by atoms with Gasteiger partial charge in [0.1, 0.15) is 12.6 Å². The Labute approximate surface area is 208 Å². The van der Waals surface area contributed by atoms with E-state index >= 15 is 0 Å². The van der Waals surface area contributed by atoms with E-state index in [1.807, 2.05) is 66.7 Å². The highest BCUT2D eigenvalue weighted by molar-refractivity contribution is 5.92. The number of benzene rings is 3. The van der Waals surface area contributed by atoms with Crippen molar-refractivity contribution in [1.29, 1.82) is 0 Å². The number of nitrogens with one attached hydrogen (secondary N) is 1. The maximum atomic E-state index is 12.6. The van der Waals surface area contributed by atoms with Crippen molar-refractivity contribution in [3.63, 3.8) is 0 Å². The van der Waals surface area contributed by atoms with E-state index in [0.717, 1.165) is 16.7 Å². The molecule has 0 radical (unpaired) electrons. The standard InChI is InChI=1S/C28H27NO7/c30-25(24(17-26(31)32)29-28(34)36-18-20-10-4-1-5-11-20)19-35-27(33)16-23(21-12-6-2-7-13-21)22-14-8-3-9-15-22/h1-15,23-24H,16-19H2,(H,29,34)(H,31,32). The average molecular weight is 490 g/mol. The maximum absolute atomic E-state index is 12.6. The molecule has 3 aromatic rings. The molecule has 0 saturated carbocycles. The predicted octanol–water partition coefficient (Wildman–Crippen LogP) is 4.09. The lowest BCUT2D eigenvalue weighted by molar-refractivity contribution is -0.149. The number of Topliss-reactive ketones (excluding diaryl/α,β-unsaturated/α-hetero) is 1. The van der Waals surface area contributed by atoms with Crippen molar-refractivity contribution in [3.8, 4) is 0 Å². The van der Waals surface area contributed by atoms with Gasteiger partial charge in [-0.05, 0) is 16.7 Å². The zero-order valence-corrected chi connectivity index (χ0v) is 19.5. The monoisotopic (exact) mass is 489 g/mol. The topological polar surface area (TPSA) is 119 Å². The van der Waals surface area contributed by atoms with Crippen LogP contribution in [0.15, 0.2) is 91.0 Å². The SMILES string of the molecule is O=C(O)CC(NC(=O)OCc1ccccc1)C(=O)COC(=O)CC(c1ccccc1)c1ccccc1. The van der Waals surface area contributed by atoms with E-state index in [9.17, 15) is 19.2 Å². The first-order valence-corrected chi connectivity index (χ1v) is 11.4. The largest absolute Gasteiger partial charge is 0.481 e. The molecule has 0 aromatic heterocycles. The van der Waals surface area contributed by atoms with Gasteiger partial charge in [-0.15, -0.1) is 0 Å². The van der Waals surface area contributed by atoms with Crippen LogP contribution in [0.2, 0.25) is 0 Å². The normalized spacial score (nSPS) is 11.4. The summed E-state index contributed by atoms with van der Waals surface area (Å²) in [6.07, 6.45) is -1.64. The molecule has 0 bridgehead atoms. The number of ketones is 1. The summed E-state index contributed by atoms with van der Waals surface area (Å²) in [7, 11) is 0. The molecule has 1 unspecified atom stereocenters. The Kier molecular flexibility index (Phi) is 9.76. The second-order valence-corrected chi connectivity index (χ2v) is 8.06. The van der Waals surface area contributed by atoms with Crippen LogP contribution in [0.25, 0.3) is 0 Å². The lowest BCUT2D eigenvalue weighted by Gasteiger charge is -2.18. The average Bonchev–Trinajstić information content (AvgIpc) is 2.90. The van der Waals surface area contributed by atoms with Crippen molar-refractivity contribution in [2.45, 2.75) is 31.4 Å². The Bertz CT molecular complexity index is 1110. The van der Waals surface area contributed by atoms with E-state index in [4.69, 9.17) is 14.6 Å². The van der Waals surface area contributed by atoms with Gasteiger partial charge in [0.2, 0.25) is 0 Å². The third-order valence-electron chi connectivity index (χ3n) is 5.42. The Morgan fingerprint density at radius 1 is 0.722 bits per heavy atom. The molecule has 186 valence electrons. The predicted molar refractivity (Wildman–Crippen MR) is 131 cm³/mol. The number of aliphatic carboxylic acids is 1. The van der Waals surface area contributed by atoms with Crippen molar-refractivity contribution in [1.82, 2.24) is 5.32 Å². The smallest absolute Gasteiger partial charge is 0.408 e. The fourth-order valence-corrected chi connectivity index (χ4v) is 3.60. The van der Waals surface area contributed by atoms with Crippen molar-refractivity contribution < 1.29 is 33.8 Å². The molecule has 0 spiro atoms. The quantitative estimate of drug-likeness (QED) is 0.368. The zero-order chi connectivity index (χ0) is 25.8. The number of amides is 1. The molecule has 0 aliphatic heterocycles. The Balaban J connectivity index is 1.57. The van der Waals surface area contributed by atoms with E-state index in [2.05, 4.69) is 5.32 Å². The molecule has 8 nitrogen and oxygen atoms in total. The van der Waals surface area contributed by atoms with E-state index in [0.29, 0.717) is 0 Å². The maximum Gasteiger partial charge on any atom is 0.408 e. The van der Waals surface area contributed by atoms with E-state index in [1.165, 1.54) is 0 Å². The molecule has 1 amide bonds. The first-order chi connectivity index (χ1) is 17.4. The molecule has 0 aliphatic rings. The van der Waals surface area contributed by atoms with Crippen LogP contribution >= 0.6 is 0 Å². The molecule has 3 aromatic carbocycles. The van der Waals surface area contributed by atoms with Gasteiger partial charge in [0.15, 0.2) is 12.4 Å². The summed E-state index contributed by atoms with van der Waals surface area (Å²) in [5.41, 5.74) is 2.56. The summed E-state index contributed by atoms with van der Waals surface area (Å²) in [4.78, 5) is 48.6. The molecule has 0 saturated heterocycles. The lowest BCUT2D eigenvalue weighted by Crippen LogP contribution is -2.44. The zero-order valence-electron chi connectivity index (χ0n) is 19.5. The summed E-state index contributed by atoms with van der Waals surface area (Å²) < 4.78 is 10.2. The minimum absolute atomic E-state index is 0.0164. The second kappa shape index (κ2) is 13.4. The summed E-state index contributed by atoms with van der Waals surface area (Å²) in [5, 5.41) is 11.4. The Morgan fingerprint density at radius 3 is 1.78 bits per heavy atom. The summed E-state index contributed by atoms with van der Waals surface area (Å²) in [5.74, 6) is -2.95. The number of ether oxygens (including phenoxy) is 2. The van der Waals surface area contributed by atoms with Crippen LogP contribution in [0.4, 0.5) is 4.79 Å². The highest BCUT2D eigenvalue weighted by Crippen LogP contribution is 2.28. The highest BCUT2D eigenvalue weighted by atomic mass is 16.5. The van der Waals surface area contributed by atoms with Gasteiger partial charge >= 0.3 is 18.0 Å². The molecule has 0 fully saturated rings. The molecular weight excluding hydrogens is 462 g/mol. The van der Waals surface area contributed by atoms with Gasteiger partial charge in [0, 0.05) is 5.92 Å². The fraction of sp³-hybridized carbons (Fsp3) is 0.214. The Morgan fingerprint density at radius 2 is 1.25 bits per heavy atom. The molecule has 1 atom stereocenters. The summed E-state index contributed by atoms with van der Waals surface area (Å²) in [6.45, 7) is -0.720. The number of hydrogen-bond donors (Lipinski definition) is 2. The molecule has 36 heavy (non-hydrogen) atoms. The van der Waals surface area contributed by atoms with Gasteiger partial charge in [0.25, 0.3) is 0 Å². The van der Waals surface area contributed by atoms with Crippen molar-refractivity contribution in [2.75, 3.05) is 6.61 Å². The van der Waals surface area contributed by atoms with E-state index < -0.39 is 42.9 Å². The number of hydrogen-bond acceptors (Lipinski definition) is 6. The van der Waals surface area contributed by atoms with Crippen LogP contribution in [0.5, 0.6) is 0 Å². The van der Waals surface area contributed by atoms with Crippen LogP contribution in [-0.2, 0) is 30.5 Å². The first kappa shape index (κ1) is 26.2. The minimum Gasteiger partial charge on any atom is -0.481 e. The Hall–Kier alpha value is -4.46. The van der Waals surface area contributed by atoms with Crippen molar-refractivity contribution in [2.24, 2.45) is 0 Å². The van der Waals surface area contributed by atoms with Crippen molar-refractivity contribution >= 4 is 23.8 Å². The number of alkyl carbamates (subject to hydrolysis) is 1. The van der Waals surface area contributed by atoms with E-state index in [1.54, 1.807) is 24.3 Å². The van der Waals surface area contributed by atoms with Crippen LogP contribution in [0, 0.1) is 0 Å². The number of carbonyl (C=O) groups is 4. The van der Waals surface area contributed by atoms with Crippen LogP contribution < -0.4 is 5.32 Å². The number of carboxylic acids is 1. The van der Waals surface area contributed by atoms with Gasteiger partial charge in [0.05, 0.1) is 12.8 Å². The third-order valence-corrected chi connectivity index (χ3v) is 5.42. The lowest BCUT2D eigenvalue weighted by atomic mass is 9.89. The van der Waals surface area contributed by atoms with Gasteiger partial charge in [-0.3, -0.25) is 14.4 Å². The van der Waals surface area contributed by atoms with E-state index in [-0.39, 0.29) is 18.9 Å². The number of carbonyl (C=O) groups excluding carboxylic acids is 3. The van der Waals surface area contributed by atoms with Gasteiger partial charge < -0.3 is 19.9 Å². The van der Waals surface area contributed by atoms with Gasteiger partial charge in [-0.2, -0.15) is 0 Å². The van der Waals surface area contributed by atoms with Crippen molar-refractivity contribution in [3.05, 3.63) is 108 Å². The summed E-state index contributed by atoms with van der Waals surface area (Å²) >= 11 is 0. The molecule has 8 heteroatoms. The molecule has 0 aliphatic carbocycles. The first-order valence-electron chi connectivity index (χ1n) is 11.4. The number of rotatable bonds is 12. The fourth-order valence-electron chi connectivity index (χ4n) is 3.60. The molecular formula is C28H27NO7. The molecule has 2 N–H and O–H groups in total. The van der Waals surface area contributed by atoms with Crippen LogP contribution in [0.1, 0.15) is 35.4 Å². The van der Waals surface area contributed by atoms with Gasteiger partial charge in [-0.1, -0.05) is 91.0 Å². The summed E-state index contributed by atoms with van der Waals surface area (Å²) in [6, 6.07) is 26.4. The van der Waals surface area contributed by atoms with Crippen LogP contribution in [-0.4, -0.2) is 41.6 Å². The third kappa shape index (κ3) is 8.39. The number of carboxylic acid groups (broad SMARTS) is 1. The van der Waals surface area contributed by atoms with Crippen LogP contribution in [0.3, 0.4) is 0 Å². The highest BCUT2D eigenvalue weighted by Gasteiger charge is 2.26. The molecule has 0 heterocycles. The van der Waals surface area contributed by atoms with Gasteiger partial charge in [-0.25, -0.2) is 4.79 Å². The minimum atomic E-state index is -1.40. The number of esters is 1. The molecule has 3 rings (SSSR count). The second-order valence-electron chi connectivity index (χ2n) is 8.06.